The van der Waals surface area contributed by atoms with Crippen molar-refractivity contribution in [2.24, 2.45) is 5.92 Å². The Bertz CT molecular complexity index is 626. The minimum absolute atomic E-state index is 0.320. The Morgan fingerprint density at radius 3 is 2.88 bits per heavy atom. The van der Waals surface area contributed by atoms with E-state index >= 15 is 0 Å². The average Bonchev–Trinajstić information content (AvgIpc) is 3.12. The van der Waals surface area contributed by atoms with Crippen molar-refractivity contribution in [2.45, 2.75) is 63.8 Å². The first-order valence-corrected chi connectivity index (χ1v) is 10.00. The minimum atomic E-state index is 0.320. The van der Waals surface area contributed by atoms with Crippen LogP contribution in [0.1, 0.15) is 67.9 Å². The molecule has 5 heteroatoms. The summed E-state index contributed by atoms with van der Waals surface area (Å²) in [6, 6.07) is 0. The maximum Gasteiger partial charge on any atom is 0.222 e. The van der Waals surface area contributed by atoms with E-state index in [4.69, 9.17) is 4.98 Å². The smallest absolute Gasteiger partial charge is 0.222 e. The summed E-state index contributed by atoms with van der Waals surface area (Å²) in [5, 5.41) is 0. The summed E-state index contributed by atoms with van der Waals surface area (Å²) in [6.45, 7) is 3.70. The van der Waals surface area contributed by atoms with Crippen LogP contribution >= 0.6 is 0 Å². The Hall–Kier alpha value is -1.49. The molecule has 1 aliphatic carbocycles. The van der Waals surface area contributed by atoms with E-state index in [0.717, 1.165) is 51.3 Å². The van der Waals surface area contributed by atoms with Gasteiger partial charge in [0.15, 0.2) is 0 Å². The van der Waals surface area contributed by atoms with Crippen LogP contribution in [0.2, 0.25) is 0 Å². The summed E-state index contributed by atoms with van der Waals surface area (Å²) < 4.78 is 0. The molecule has 1 aromatic rings. The Labute approximate surface area is 150 Å². The zero-order chi connectivity index (χ0) is 17.2. The van der Waals surface area contributed by atoms with Gasteiger partial charge in [-0.05, 0) is 32.2 Å². The molecule has 0 bridgehead atoms. The van der Waals surface area contributed by atoms with E-state index in [9.17, 15) is 4.79 Å². The fourth-order valence-corrected chi connectivity index (χ4v) is 4.63. The molecule has 1 atom stereocenters. The van der Waals surface area contributed by atoms with Crippen molar-refractivity contribution in [1.82, 2.24) is 19.8 Å². The number of amides is 1. The number of hydrogen-bond acceptors (Lipinski definition) is 4. The van der Waals surface area contributed by atoms with Gasteiger partial charge in [-0.3, -0.25) is 4.79 Å². The van der Waals surface area contributed by atoms with E-state index in [1.807, 2.05) is 6.20 Å². The van der Waals surface area contributed by atoms with Gasteiger partial charge >= 0.3 is 0 Å². The zero-order valence-corrected chi connectivity index (χ0v) is 15.4. The molecule has 136 valence electrons. The highest BCUT2D eigenvalue weighted by molar-refractivity contribution is 5.76. The van der Waals surface area contributed by atoms with E-state index in [2.05, 4.69) is 21.8 Å². The molecule has 0 radical (unpaired) electrons. The molecular formula is C20H30N4O. The normalized spacial score (nSPS) is 25.2. The predicted molar refractivity (Wildman–Crippen MR) is 97.2 cm³/mol. The van der Waals surface area contributed by atoms with Gasteiger partial charge in [0, 0.05) is 62.4 Å². The van der Waals surface area contributed by atoms with Crippen molar-refractivity contribution in [3.63, 3.8) is 0 Å². The van der Waals surface area contributed by atoms with Crippen LogP contribution in [-0.4, -0.2) is 52.4 Å². The third-order valence-electron chi connectivity index (χ3n) is 6.24. The lowest BCUT2D eigenvalue weighted by molar-refractivity contribution is -0.131. The second-order valence-electron chi connectivity index (χ2n) is 8.22. The van der Waals surface area contributed by atoms with Gasteiger partial charge in [0.05, 0.1) is 0 Å². The molecule has 3 aliphatic rings. The van der Waals surface area contributed by atoms with Crippen LogP contribution in [0.4, 0.5) is 0 Å². The van der Waals surface area contributed by atoms with Crippen molar-refractivity contribution in [2.75, 3.05) is 26.7 Å². The molecule has 1 saturated heterocycles. The number of aromatic nitrogens is 2. The molecule has 4 rings (SSSR count). The van der Waals surface area contributed by atoms with Crippen LogP contribution in [0.15, 0.2) is 6.20 Å². The third-order valence-corrected chi connectivity index (χ3v) is 6.24. The molecule has 3 heterocycles. The number of nitrogens with zero attached hydrogens (tertiary/aromatic N) is 4. The lowest BCUT2D eigenvalue weighted by Crippen LogP contribution is -2.31. The molecule has 0 unspecified atom stereocenters. The van der Waals surface area contributed by atoms with Gasteiger partial charge in [-0.1, -0.05) is 19.3 Å². The van der Waals surface area contributed by atoms with Gasteiger partial charge in [-0.15, -0.1) is 0 Å². The lowest BCUT2D eigenvalue weighted by atomic mass is 9.87. The van der Waals surface area contributed by atoms with E-state index in [0.29, 0.717) is 17.7 Å². The number of carbonyl (C=O) groups is 1. The number of carbonyl (C=O) groups excluding carboxylic acids is 1. The first kappa shape index (κ1) is 17.0. The second kappa shape index (κ2) is 7.40. The van der Waals surface area contributed by atoms with Crippen LogP contribution in [0.5, 0.6) is 0 Å². The zero-order valence-electron chi connectivity index (χ0n) is 15.4. The maximum atomic E-state index is 12.6. The maximum absolute atomic E-state index is 12.6. The topological polar surface area (TPSA) is 49.3 Å². The fraction of sp³-hybridized carbons (Fsp3) is 0.750. The molecular weight excluding hydrogens is 312 g/mol. The summed E-state index contributed by atoms with van der Waals surface area (Å²) in [5.41, 5.74) is 2.48. The highest BCUT2D eigenvalue weighted by atomic mass is 16.2. The molecule has 25 heavy (non-hydrogen) atoms. The van der Waals surface area contributed by atoms with Gasteiger partial charge < -0.3 is 9.80 Å². The first-order chi connectivity index (χ1) is 12.2. The SMILES string of the molecule is CN1CCc2nc([C@@H]3CCN(C(=O)CC4CCCCC4)C3)ncc2C1. The van der Waals surface area contributed by atoms with Crippen LogP contribution in [0, 0.1) is 5.92 Å². The lowest BCUT2D eigenvalue weighted by Gasteiger charge is -2.25. The first-order valence-electron chi connectivity index (χ1n) is 10.00. The van der Waals surface area contributed by atoms with Gasteiger partial charge in [0.1, 0.15) is 5.82 Å². The molecule has 1 amide bonds. The highest BCUT2D eigenvalue weighted by Crippen LogP contribution is 2.30. The standard InChI is InChI=1S/C20H30N4O/c1-23-9-8-18-17(13-23)12-21-20(22-18)16-7-10-24(14-16)19(25)11-15-5-3-2-4-6-15/h12,15-16H,2-11,13-14H2,1H3/t16-/m1/s1. The Kier molecular flexibility index (Phi) is 5.02. The summed E-state index contributed by atoms with van der Waals surface area (Å²) in [5.74, 6) is 2.25. The van der Waals surface area contributed by atoms with Crippen molar-refractivity contribution < 1.29 is 4.79 Å². The number of likely N-dealkylation sites (N-methyl/N-ethyl adjacent to an activating group) is 1. The Balaban J connectivity index is 1.36. The fourth-order valence-electron chi connectivity index (χ4n) is 4.63. The molecule has 0 aromatic carbocycles. The average molecular weight is 342 g/mol. The second-order valence-corrected chi connectivity index (χ2v) is 8.22. The highest BCUT2D eigenvalue weighted by Gasteiger charge is 2.31. The summed E-state index contributed by atoms with van der Waals surface area (Å²) in [4.78, 5) is 26.5. The monoisotopic (exact) mass is 342 g/mol. The number of hydrogen-bond donors (Lipinski definition) is 0. The number of likely N-dealkylation sites (tertiary alicyclic amines) is 1. The van der Waals surface area contributed by atoms with E-state index in [1.165, 1.54) is 43.4 Å². The number of rotatable bonds is 3. The van der Waals surface area contributed by atoms with Crippen molar-refractivity contribution in [3.8, 4) is 0 Å². The third kappa shape index (κ3) is 3.86. The summed E-state index contributed by atoms with van der Waals surface area (Å²) in [6.07, 6.45) is 11.2. The molecule has 1 aromatic heterocycles. The molecule has 1 saturated carbocycles. The Morgan fingerprint density at radius 2 is 2.04 bits per heavy atom. The van der Waals surface area contributed by atoms with Crippen LogP contribution in [0.3, 0.4) is 0 Å². The minimum Gasteiger partial charge on any atom is -0.342 e. The van der Waals surface area contributed by atoms with Crippen LogP contribution < -0.4 is 0 Å². The van der Waals surface area contributed by atoms with Gasteiger partial charge in [-0.2, -0.15) is 0 Å². The van der Waals surface area contributed by atoms with Crippen LogP contribution in [-0.2, 0) is 17.8 Å². The van der Waals surface area contributed by atoms with Gasteiger partial charge in [0.25, 0.3) is 0 Å². The van der Waals surface area contributed by atoms with Gasteiger partial charge in [-0.25, -0.2) is 9.97 Å². The van der Waals surface area contributed by atoms with Crippen molar-refractivity contribution in [1.29, 1.82) is 0 Å². The van der Waals surface area contributed by atoms with Crippen molar-refractivity contribution in [3.05, 3.63) is 23.3 Å². The van der Waals surface area contributed by atoms with Gasteiger partial charge in [0.2, 0.25) is 5.91 Å². The number of fused-ring (bicyclic) bond motifs is 1. The molecule has 0 N–H and O–H groups in total. The summed E-state index contributed by atoms with van der Waals surface area (Å²) in [7, 11) is 2.14. The predicted octanol–water partition coefficient (Wildman–Crippen LogP) is 2.75. The van der Waals surface area contributed by atoms with E-state index in [1.54, 1.807) is 0 Å². The quantitative estimate of drug-likeness (QED) is 0.847. The van der Waals surface area contributed by atoms with Crippen LogP contribution in [0.25, 0.3) is 0 Å². The molecule has 2 fully saturated rings. The molecule has 2 aliphatic heterocycles. The largest absolute Gasteiger partial charge is 0.342 e. The van der Waals surface area contributed by atoms with E-state index in [-0.39, 0.29) is 0 Å². The summed E-state index contributed by atoms with van der Waals surface area (Å²) >= 11 is 0. The Morgan fingerprint density at radius 1 is 1.20 bits per heavy atom. The molecule has 0 spiro atoms. The van der Waals surface area contributed by atoms with E-state index < -0.39 is 0 Å². The van der Waals surface area contributed by atoms with Crippen molar-refractivity contribution >= 4 is 5.91 Å². The molecule has 5 nitrogen and oxygen atoms in total.